The van der Waals surface area contributed by atoms with Gasteiger partial charge >= 0.3 is 0 Å². The minimum atomic E-state index is -0.156. The first kappa shape index (κ1) is 41.2. The number of para-hydroxylation sites is 1. The number of ether oxygens (including phenoxy) is 1. The Morgan fingerprint density at radius 3 is 1.58 bits per heavy atom. The Morgan fingerprint density at radius 1 is 0.356 bits per heavy atom. The first-order chi connectivity index (χ1) is 35.9. The Kier molecular flexibility index (Phi) is 8.87. The maximum Gasteiger partial charge on any atom is 0.164 e. The Bertz CT molecular complexity index is 4400. The topological polar surface area (TPSA) is 77.4 Å². The molecule has 1 aliphatic heterocycles. The van der Waals surface area contributed by atoms with Crippen LogP contribution in [0.2, 0.25) is 0 Å². The molecule has 7 nitrogen and oxygen atoms in total. The molecule has 0 amide bonds. The van der Waals surface area contributed by atoms with Crippen molar-refractivity contribution in [1.82, 2.24) is 15.0 Å². The van der Waals surface area contributed by atoms with Crippen LogP contribution in [-0.2, 0) is 5.41 Å². The van der Waals surface area contributed by atoms with Gasteiger partial charge in [0.1, 0.15) is 22.3 Å². The molecule has 0 atom stereocenters. The minimum Gasteiger partial charge on any atom is -0.456 e. The van der Waals surface area contributed by atoms with E-state index in [4.69, 9.17) is 28.5 Å². The van der Waals surface area contributed by atoms with Gasteiger partial charge in [0.05, 0.1) is 17.1 Å². The highest BCUT2D eigenvalue weighted by molar-refractivity contribution is 6.14. The summed E-state index contributed by atoms with van der Waals surface area (Å²) in [5.74, 6) is 3.23. The van der Waals surface area contributed by atoms with Gasteiger partial charge in [-0.2, -0.15) is 0 Å². The van der Waals surface area contributed by atoms with Crippen LogP contribution in [0.1, 0.15) is 25.0 Å². The molecule has 0 fully saturated rings. The summed E-state index contributed by atoms with van der Waals surface area (Å²) in [4.78, 5) is 18.0. The van der Waals surface area contributed by atoms with Crippen molar-refractivity contribution in [2.75, 3.05) is 4.90 Å². The molecular formula is C66H42N4O3. The number of rotatable bonds is 6. The van der Waals surface area contributed by atoms with Gasteiger partial charge in [-0.1, -0.05) is 172 Å². The number of hydrogen-bond donors (Lipinski definition) is 0. The number of anilines is 3. The molecular weight excluding hydrogens is 897 g/mol. The molecule has 7 heteroatoms. The van der Waals surface area contributed by atoms with Crippen molar-refractivity contribution in [3.63, 3.8) is 0 Å². The fraction of sp³-hybridized carbons (Fsp3) is 0.0455. The van der Waals surface area contributed by atoms with Crippen LogP contribution in [0.4, 0.5) is 17.1 Å². The highest BCUT2D eigenvalue weighted by Gasteiger charge is 2.39. The Hall–Kier alpha value is -9.59. The van der Waals surface area contributed by atoms with E-state index in [0.29, 0.717) is 17.5 Å². The molecule has 0 saturated heterocycles. The number of furan rings is 2. The Morgan fingerprint density at radius 2 is 0.863 bits per heavy atom. The molecule has 15 rings (SSSR count). The third-order valence-electron chi connectivity index (χ3n) is 14.9. The van der Waals surface area contributed by atoms with Gasteiger partial charge in [0.15, 0.2) is 29.0 Å². The zero-order valence-electron chi connectivity index (χ0n) is 39.8. The quantitative estimate of drug-likeness (QED) is 0.164. The lowest BCUT2D eigenvalue weighted by molar-refractivity contribution is 0.477. The van der Waals surface area contributed by atoms with Gasteiger partial charge in [-0.25, -0.2) is 15.0 Å². The molecule has 3 aromatic heterocycles. The third kappa shape index (κ3) is 6.35. The van der Waals surface area contributed by atoms with Gasteiger partial charge in [0, 0.05) is 49.2 Å². The molecule has 4 heterocycles. The van der Waals surface area contributed by atoms with Crippen LogP contribution in [0.15, 0.2) is 227 Å². The SMILES string of the molecule is CC1(C)c2ccccc2-c2c(N3c4ccc(-c5ccccc5)cc4Oc4cc(-c5ccc6oc7cccc(-c8nc(-c9ccccc9)nc(-c9cccc%10oc%11ccccc%11c9%10)n8)c7c6c5)ccc43)cccc21. The molecule has 0 radical (unpaired) electrons. The van der Waals surface area contributed by atoms with E-state index in [1.165, 1.54) is 22.3 Å². The van der Waals surface area contributed by atoms with E-state index in [1.54, 1.807) is 0 Å². The summed E-state index contributed by atoms with van der Waals surface area (Å²) in [7, 11) is 0. The van der Waals surface area contributed by atoms with Crippen LogP contribution < -0.4 is 9.64 Å². The van der Waals surface area contributed by atoms with Gasteiger partial charge in [-0.3, -0.25) is 0 Å². The fourth-order valence-corrected chi connectivity index (χ4v) is 11.5. The lowest BCUT2D eigenvalue weighted by Crippen LogP contribution is -2.18. The maximum atomic E-state index is 7.05. The number of nitrogens with zero attached hydrogens (tertiary/aromatic N) is 4. The van der Waals surface area contributed by atoms with Crippen molar-refractivity contribution in [1.29, 1.82) is 0 Å². The van der Waals surface area contributed by atoms with Gasteiger partial charge in [-0.05, 0) is 99.6 Å². The van der Waals surface area contributed by atoms with Crippen molar-refractivity contribution in [3.8, 4) is 79.0 Å². The van der Waals surface area contributed by atoms with Crippen molar-refractivity contribution in [2.24, 2.45) is 0 Å². The highest BCUT2D eigenvalue weighted by atomic mass is 16.5. The van der Waals surface area contributed by atoms with Gasteiger partial charge < -0.3 is 18.5 Å². The Labute approximate surface area is 420 Å². The van der Waals surface area contributed by atoms with E-state index in [2.05, 4.69) is 158 Å². The molecule has 73 heavy (non-hydrogen) atoms. The van der Waals surface area contributed by atoms with Crippen molar-refractivity contribution in [3.05, 3.63) is 230 Å². The highest BCUT2D eigenvalue weighted by Crippen LogP contribution is 2.58. The number of aromatic nitrogens is 3. The normalized spacial score (nSPS) is 13.3. The second-order valence-electron chi connectivity index (χ2n) is 19.5. The molecule has 0 bridgehead atoms. The van der Waals surface area contributed by atoms with Crippen molar-refractivity contribution < 1.29 is 13.6 Å². The van der Waals surface area contributed by atoms with Crippen molar-refractivity contribution in [2.45, 2.75) is 19.3 Å². The average molecular weight is 939 g/mol. The zero-order chi connectivity index (χ0) is 48.4. The summed E-state index contributed by atoms with van der Waals surface area (Å²) < 4.78 is 20.0. The van der Waals surface area contributed by atoms with E-state index in [-0.39, 0.29) is 5.41 Å². The molecule has 0 spiro atoms. The largest absolute Gasteiger partial charge is 0.456 e. The first-order valence-electron chi connectivity index (χ1n) is 24.7. The van der Waals surface area contributed by atoms with Crippen LogP contribution in [0.25, 0.3) is 111 Å². The summed E-state index contributed by atoms with van der Waals surface area (Å²) in [6.07, 6.45) is 0. The maximum absolute atomic E-state index is 7.05. The van der Waals surface area contributed by atoms with E-state index in [0.717, 1.165) is 111 Å². The van der Waals surface area contributed by atoms with Gasteiger partial charge in [0.25, 0.3) is 0 Å². The fourth-order valence-electron chi connectivity index (χ4n) is 11.5. The summed E-state index contributed by atoms with van der Waals surface area (Å²) >= 11 is 0. The van der Waals surface area contributed by atoms with Gasteiger partial charge in [-0.15, -0.1) is 0 Å². The molecule has 344 valence electrons. The second-order valence-corrected chi connectivity index (χ2v) is 19.5. The predicted molar refractivity (Wildman–Crippen MR) is 294 cm³/mol. The summed E-state index contributed by atoms with van der Waals surface area (Å²) in [5.41, 5.74) is 18.0. The second kappa shape index (κ2) is 15.7. The van der Waals surface area contributed by atoms with Crippen LogP contribution >= 0.6 is 0 Å². The summed E-state index contributed by atoms with van der Waals surface area (Å²) in [5, 5.41) is 3.84. The molecule has 1 aliphatic carbocycles. The lowest BCUT2D eigenvalue weighted by atomic mass is 9.82. The number of benzene rings is 10. The van der Waals surface area contributed by atoms with Crippen LogP contribution in [0.3, 0.4) is 0 Å². The third-order valence-corrected chi connectivity index (χ3v) is 14.9. The minimum absolute atomic E-state index is 0.156. The Balaban J connectivity index is 0.892. The molecule has 0 N–H and O–H groups in total. The van der Waals surface area contributed by atoms with Crippen molar-refractivity contribution >= 4 is 60.9 Å². The van der Waals surface area contributed by atoms with E-state index < -0.39 is 0 Å². The predicted octanol–water partition coefficient (Wildman–Crippen LogP) is 17.9. The number of hydrogen-bond acceptors (Lipinski definition) is 7. The van der Waals surface area contributed by atoms with Crippen LogP contribution in [0.5, 0.6) is 11.5 Å². The van der Waals surface area contributed by atoms with Crippen LogP contribution in [-0.4, -0.2) is 15.0 Å². The van der Waals surface area contributed by atoms with Gasteiger partial charge in [0.2, 0.25) is 0 Å². The molecule has 0 saturated carbocycles. The zero-order valence-corrected chi connectivity index (χ0v) is 39.8. The lowest BCUT2D eigenvalue weighted by Gasteiger charge is -2.35. The number of fused-ring (bicyclic) bond motifs is 11. The molecule has 13 aromatic rings. The monoisotopic (exact) mass is 938 g/mol. The van der Waals surface area contributed by atoms with Crippen LogP contribution in [0, 0.1) is 0 Å². The molecule has 0 unspecified atom stereocenters. The average Bonchev–Trinajstić information content (AvgIpc) is 4.10. The van der Waals surface area contributed by atoms with E-state index >= 15 is 0 Å². The standard InChI is InChI=1S/C66H42N4O3/c1-66(2)49-24-11-9-20-44(49)62-50(66)25-15-26-53(62)70-51-33-30-42(39-16-5-3-6-17-39)37-58(51)73-59-38-43(31-34-52(59)70)41-32-35-55-48(36-41)61-47(23-14-29-57(61)72-55)65-68-63(40-18-7-4-8-19-40)67-64(69-65)46-22-13-28-56-60(46)45-21-10-12-27-54(45)71-56/h3-38H,1-2H3. The summed E-state index contributed by atoms with van der Waals surface area (Å²) in [6.45, 7) is 4.66. The smallest absolute Gasteiger partial charge is 0.164 e. The summed E-state index contributed by atoms with van der Waals surface area (Å²) in [6, 6.07) is 76.0. The molecule has 2 aliphatic rings. The molecule has 10 aromatic carbocycles. The first-order valence-corrected chi connectivity index (χ1v) is 24.7. The van der Waals surface area contributed by atoms with E-state index in [9.17, 15) is 0 Å². The van der Waals surface area contributed by atoms with E-state index in [1.807, 2.05) is 78.9 Å².